The third kappa shape index (κ3) is 3.89. The summed E-state index contributed by atoms with van der Waals surface area (Å²) >= 11 is 0. The minimum absolute atomic E-state index is 0. The van der Waals surface area contributed by atoms with Gasteiger partial charge in [0.2, 0.25) is 0 Å². The number of piperidine rings is 1. The molecule has 1 amide bonds. The van der Waals surface area contributed by atoms with Gasteiger partial charge in [-0.25, -0.2) is 0 Å². The fraction of sp³-hybridized carbons (Fsp3) is 0.632. The molecule has 1 N–H and O–H groups in total. The molecule has 1 aromatic carbocycles. The molecule has 0 aromatic heterocycles. The fourth-order valence-corrected chi connectivity index (χ4v) is 3.83. The van der Waals surface area contributed by atoms with E-state index in [-0.39, 0.29) is 23.7 Å². The van der Waals surface area contributed by atoms with Crippen molar-refractivity contribution in [2.24, 2.45) is 0 Å². The Morgan fingerprint density at radius 3 is 2.09 bits per heavy atom. The van der Waals surface area contributed by atoms with Gasteiger partial charge in [0.25, 0.3) is 5.91 Å². The molecule has 0 aliphatic carbocycles. The van der Waals surface area contributed by atoms with Crippen LogP contribution in [0.25, 0.3) is 0 Å². The number of amides is 1. The van der Waals surface area contributed by atoms with Crippen molar-refractivity contribution in [3.8, 4) is 0 Å². The minimum atomic E-state index is 0. The van der Waals surface area contributed by atoms with E-state index < -0.39 is 0 Å². The number of carbonyl (C=O) groups excluding carboxylic acids is 1. The molecule has 0 spiro atoms. The van der Waals surface area contributed by atoms with E-state index in [1.165, 1.54) is 18.4 Å². The van der Waals surface area contributed by atoms with Gasteiger partial charge >= 0.3 is 0 Å². The lowest BCUT2D eigenvalue weighted by molar-refractivity contribution is 0.0681. The van der Waals surface area contributed by atoms with Crippen LogP contribution in [0.15, 0.2) is 24.3 Å². The topological polar surface area (TPSA) is 32.3 Å². The van der Waals surface area contributed by atoms with Crippen LogP contribution in [0.4, 0.5) is 0 Å². The van der Waals surface area contributed by atoms with E-state index in [0.29, 0.717) is 18.1 Å². The second-order valence-corrected chi connectivity index (χ2v) is 8.01. The zero-order valence-corrected chi connectivity index (χ0v) is 15.5. The molecule has 0 saturated carbocycles. The highest BCUT2D eigenvalue weighted by Gasteiger charge is 2.36. The molecule has 0 radical (unpaired) electrons. The van der Waals surface area contributed by atoms with Crippen LogP contribution in [-0.4, -0.2) is 36.0 Å². The van der Waals surface area contributed by atoms with Gasteiger partial charge in [0.15, 0.2) is 0 Å². The summed E-state index contributed by atoms with van der Waals surface area (Å²) in [4.78, 5) is 14.7. The first-order chi connectivity index (χ1) is 10.3. The summed E-state index contributed by atoms with van der Waals surface area (Å²) < 4.78 is 0. The number of hydrogen-bond donors (Lipinski definition) is 1. The standard InChI is InChI=1S/C19H28N2O.ClH/c1-19(2,3)14-7-5-13(6-8-14)18(22)21(4)17-11-15-9-10-16(12-17)20-15;/h5-8,15-17,20H,9-12H2,1-4H3;1H. The summed E-state index contributed by atoms with van der Waals surface area (Å²) in [6, 6.07) is 9.75. The van der Waals surface area contributed by atoms with Crippen LogP contribution in [0.3, 0.4) is 0 Å². The van der Waals surface area contributed by atoms with Crippen molar-refractivity contribution >= 4 is 18.3 Å². The Bertz CT molecular complexity index is 537. The molecular weight excluding hydrogens is 308 g/mol. The Morgan fingerprint density at radius 1 is 1.09 bits per heavy atom. The smallest absolute Gasteiger partial charge is 0.253 e. The molecule has 2 aliphatic rings. The van der Waals surface area contributed by atoms with Gasteiger partial charge in [-0.2, -0.15) is 0 Å². The molecular formula is C19H29ClN2O. The normalized spacial score (nSPS) is 26.5. The third-order valence-corrected chi connectivity index (χ3v) is 5.31. The van der Waals surface area contributed by atoms with Gasteiger partial charge in [-0.15, -0.1) is 12.4 Å². The molecule has 2 aliphatic heterocycles. The van der Waals surface area contributed by atoms with E-state index in [4.69, 9.17) is 0 Å². The van der Waals surface area contributed by atoms with E-state index in [0.717, 1.165) is 18.4 Å². The van der Waals surface area contributed by atoms with Crippen molar-refractivity contribution in [2.75, 3.05) is 7.05 Å². The van der Waals surface area contributed by atoms with Gasteiger partial charge in [0, 0.05) is 30.7 Å². The average molecular weight is 337 g/mol. The Morgan fingerprint density at radius 2 is 1.61 bits per heavy atom. The van der Waals surface area contributed by atoms with Gasteiger partial charge in [-0.3, -0.25) is 4.79 Å². The van der Waals surface area contributed by atoms with E-state index in [9.17, 15) is 4.79 Å². The number of halogens is 1. The summed E-state index contributed by atoms with van der Waals surface area (Å²) in [5, 5.41) is 3.64. The average Bonchev–Trinajstić information content (AvgIpc) is 2.83. The molecule has 23 heavy (non-hydrogen) atoms. The second-order valence-electron chi connectivity index (χ2n) is 8.01. The Labute approximate surface area is 146 Å². The van der Waals surface area contributed by atoms with Crippen LogP contribution in [0.5, 0.6) is 0 Å². The van der Waals surface area contributed by atoms with Crippen LogP contribution < -0.4 is 5.32 Å². The van der Waals surface area contributed by atoms with Gasteiger partial charge in [-0.1, -0.05) is 32.9 Å². The lowest BCUT2D eigenvalue weighted by Crippen LogP contribution is -2.48. The molecule has 2 bridgehead atoms. The highest BCUT2D eigenvalue weighted by molar-refractivity contribution is 5.94. The maximum absolute atomic E-state index is 12.7. The molecule has 2 unspecified atom stereocenters. The van der Waals surface area contributed by atoms with E-state index >= 15 is 0 Å². The van der Waals surface area contributed by atoms with Gasteiger partial charge in [-0.05, 0) is 48.8 Å². The van der Waals surface area contributed by atoms with E-state index in [2.05, 4.69) is 38.2 Å². The predicted molar refractivity (Wildman–Crippen MR) is 97.5 cm³/mol. The minimum Gasteiger partial charge on any atom is -0.339 e. The first kappa shape index (κ1) is 18.3. The van der Waals surface area contributed by atoms with E-state index in [1.54, 1.807) is 0 Å². The van der Waals surface area contributed by atoms with Crippen LogP contribution in [0.2, 0.25) is 0 Å². The Balaban J connectivity index is 0.00000192. The van der Waals surface area contributed by atoms with Crippen molar-refractivity contribution in [3.63, 3.8) is 0 Å². The highest BCUT2D eigenvalue weighted by Crippen LogP contribution is 2.30. The number of benzene rings is 1. The molecule has 3 nitrogen and oxygen atoms in total. The molecule has 1 aromatic rings. The molecule has 4 heteroatoms. The zero-order valence-electron chi connectivity index (χ0n) is 14.6. The summed E-state index contributed by atoms with van der Waals surface area (Å²) in [5.41, 5.74) is 2.20. The fourth-order valence-electron chi connectivity index (χ4n) is 3.83. The largest absolute Gasteiger partial charge is 0.339 e. The molecule has 128 valence electrons. The van der Waals surface area contributed by atoms with Crippen molar-refractivity contribution in [1.29, 1.82) is 0 Å². The van der Waals surface area contributed by atoms with Crippen LogP contribution in [-0.2, 0) is 5.41 Å². The maximum Gasteiger partial charge on any atom is 0.253 e. The van der Waals surface area contributed by atoms with Gasteiger partial charge in [0.05, 0.1) is 0 Å². The lowest BCUT2D eigenvalue weighted by Gasteiger charge is -2.35. The molecule has 2 atom stereocenters. The number of fused-ring (bicyclic) bond motifs is 2. The number of nitrogens with zero attached hydrogens (tertiary/aromatic N) is 1. The van der Waals surface area contributed by atoms with Crippen molar-refractivity contribution in [3.05, 3.63) is 35.4 Å². The zero-order chi connectivity index (χ0) is 15.9. The lowest BCUT2D eigenvalue weighted by atomic mass is 9.86. The second kappa shape index (κ2) is 6.82. The Kier molecular flexibility index (Phi) is 5.42. The van der Waals surface area contributed by atoms with Gasteiger partial charge < -0.3 is 10.2 Å². The molecule has 2 heterocycles. The van der Waals surface area contributed by atoms with Crippen molar-refractivity contribution in [2.45, 2.75) is 70.0 Å². The number of hydrogen-bond acceptors (Lipinski definition) is 2. The first-order valence-electron chi connectivity index (χ1n) is 8.48. The van der Waals surface area contributed by atoms with Gasteiger partial charge in [0.1, 0.15) is 0 Å². The van der Waals surface area contributed by atoms with Crippen LogP contribution in [0.1, 0.15) is 62.4 Å². The molecule has 2 fully saturated rings. The molecule has 2 saturated heterocycles. The number of rotatable bonds is 2. The van der Waals surface area contributed by atoms with Crippen molar-refractivity contribution in [1.82, 2.24) is 10.2 Å². The Hall–Kier alpha value is -1.06. The number of nitrogens with one attached hydrogen (secondary N) is 1. The number of carbonyl (C=O) groups is 1. The quantitative estimate of drug-likeness (QED) is 0.891. The third-order valence-electron chi connectivity index (χ3n) is 5.31. The van der Waals surface area contributed by atoms with Crippen LogP contribution >= 0.6 is 12.4 Å². The first-order valence-corrected chi connectivity index (χ1v) is 8.48. The maximum atomic E-state index is 12.7. The monoisotopic (exact) mass is 336 g/mol. The summed E-state index contributed by atoms with van der Waals surface area (Å²) in [6.45, 7) is 6.59. The SMILES string of the molecule is CN(C(=O)c1ccc(C(C)(C)C)cc1)C1CC2CCC(C1)N2.Cl. The summed E-state index contributed by atoms with van der Waals surface area (Å²) in [6.07, 6.45) is 4.73. The van der Waals surface area contributed by atoms with E-state index in [1.807, 2.05) is 24.1 Å². The summed E-state index contributed by atoms with van der Waals surface area (Å²) in [7, 11) is 1.97. The predicted octanol–water partition coefficient (Wildman–Crippen LogP) is 3.76. The highest BCUT2D eigenvalue weighted by atomic mass is 35.5. The summed E-state index contributed by atoms with van der Waals surface area (Å²) in [5.74, 6) is 0.159. The van der Waals surface area contributed by atoms with Crippen LogP contribution in [0, 0.1) is 0 Å². The van der Waals surface area contributed by atoms with Crippen molar-refractivity contribution < 1.29 is 4.79 Å². The molecule has 3 rings (SSSR count).